The Kier molecular flexibility index (Phi) is 4.31. The summed E-state index contributed by atoms with van der Waals surface area (Å²) >= 11 is 0. The molecule has 1 unspecified atom stereocenters. The zero-order valence-electron chi connectivity index (χ0n) is 12.0. The van der Waals surface area contributed by atoms with Crippen molar-refractivity contribution in [2.75, 3.05) is 13.1 Å². The van der Waals surface area contributed by atoms with Gasteiger partial charge in [0, 0.05) is 19.1 Å². The van der Waals surface area contributed by atoms with Gasteiger partial charge < -0.3 is 10.2 Å². The minimum absolute atomic E-state index is 0.186. The SMILES string of the molecule is O=C1CNCC(Cc2ccccc2)N1Cc1ccccc1. The summed E-state index contributed by atoms with van der Waals surface area (Å²) in [5.41, 5.74) is 2.46. The van der Waals surface area contributed by atoms with Crippen LogP contribution in [0.4, 0.5) is 0 Å². The number of piperazine rings is 1. The van der Waals surface area contributed by atoms with Crippen molar-refractivity contribution in [2.45, 2.75) is 19.0 Å². The molecule has 3 nitrogen and oxygen atoms in total. The fourth-order valence-electron chi connectivity index (χ4n) is 2.83. The van der Waals surface area contributed by atoms with Gasteiger partial charge >= 0.3 is 0 Å². The lowest BCUT2D eigenvalue weighted by Gasteiger charge is -2.36. The van der Waals surface area contributed by atoms with Gasteiger partial charge in [-0.1, -0.05) is 60.7 Å². The zero-order chi connectivity index (χ0) is 14.5. The molecule has 0 aromatic heterocycles. The lowest BCUT2D eigenvalue weighted by Crippen LogP contribution is -2.55. The molecule has 0 spiro atoms. The predicted octanol–water partition coefficient (Wildman–Crippen LogP) is 2.23. The van der Waals surface area contributed by atoms with Gasteiger partial charge in [0.1, 0.15) is 0 Å². The number of hydrogen-bond donors (Lipinski definition) is 1. The second-order valence-corrected chi connectivity index (χ2v) is 5.48. The maximum atomic E-state index is 12.3. The molecule has 1 N–H and O–H groups in total. The first-order chi connectivity index (χ1) is 10.3. The van der Waals surface area contributed by atoms with Crippen molar-refractivity contribution in [3.05, 3.63) is 71.8 Å². The zero-order valence-corrected chi connectivity index (χ0v) is 12.0. The molecule has 0 radical (unpaired) electrons. The Morgan fingerprint density at radius 1 is 0.952 bits per heavy atom. The van der Waals surface area contributed by atoms with E-state index >= 15 is 0 Å². The molecule has 0 aliphatic carbocycles. The Balaban J connectivity index is 1.75. The fraction of sp³-hybridized carbons (Fsp3) is 0.278. The highest BCUT2D eigenvalue weighted by Gasteiger charge is 2.27. The second-order valence-electron chi connectivity index (χ2n) is 5.48. The van der Waals surface area contributed by atoms with E-state index in [0.717, 1.165) is 13.0 Å². The largest absolute Gasteiger partial charge is 0.333 e. The molecule has 3 heteroatoms. The molecular formula is C18H20N2O. The molecule has 0 bridgehead atoms. The normalized spacial score (nSPS) is 18.8. The van der Waals surface area contributed by atoms with Gasteiger partial charge in [-0.25, -0.2) is 0 Å². The summed E-state index contributed by atoms with van der Waals surface area (Å²) < 4.78 is 0. The van der Waals surface area contributed by atoms with Crippen LogP contribution in [0.2, 0.25) is 0 Å². The molecule has 108 valence electrons. The summed E-state index contributed by atoms with van der Waals surface area (Å²) in [7, 11) is 0. The standard InChI is InChI=1S/C18H20N2O/c21-18-13-19-12-17(11-15-7-3-1-4-8-15)20(18)14-16-9-5-2-6-10-16/h1-10,17,19H,11-14H2. The third kappa shape index (κ3) is 3.50. The molecule has 2 aromatic carbocycles. The highest BCUT2D eigenvalue weighted by Crippen LogP contribution is 2.15. The van der Waals surface area contributed by atoms with E-state index in [1.54, 1.807) is 0 Å². The van der Waals surface area contributed by atoms with Gasteiger partial charge in [-0.3, -0.25) is 4.79 Å². The number of benzene rings is 2. The van der Waals surface area contributed by atoms with Crippen LogP contribution < -0.4 is 5.32 Å². The van der Waals surface area contributed by atoms with E-state index in [1.807, 2.05) is 29.2 Å². The summed E-state index contributed by atoms with van der Waals surface area (Å²) in [6.07, 6.45) is 0.895. The van der Waals surface area contributed by atoms with E-state index in [4.69, 9.17) is 0 Å². The third-order valence-corrected chi connectivity index (χ3v) is 3.93. The maximum Gasteiger partial charge on any atom is 0.237 e. The number of hydrogen-bond acceptors (Lipinski definition) is 2. The van der Waals surface area contributed by atoms with Crippen LogP contribution in [-0.2, 0) is 17.8 Å². The van der Waals surface area contributed by atoms with Crippen LogP contribution in [0.5, 0.6) is 0 Å². The molecule has 1 aliphatic rings. The third-order valence-electron chi connectivity index (χ3n) is 3.93. The number of nitrogens with one attached hydrogen (secondary N) is 1. The first-order valence-corrected chi connectivity index (χ1v) is 7.41. The molecule has 0 saturated carbocycles. The van der Waals surface area contributed by atoms with E-state index in [9.17, 15) is 4.79 Å². The first kappa shape index (κ1) is 13.8. The molecule has 2 aromatic rings. The van der Waals surface area contributed by atoms with Crippen LogP contribution in [0, 0.1) is 0 Å². The van der Waals surface area contributed by atoms with Crippen molar-refractivity contribution >= 4 is 5.91 Å². The van der Waals surface area contributed by atoms with Gasteiger partial charge in [0.25, 0.3) is 0 Å². The molecule has 1 amide bonds. The van der Waals surface area contributed by atoms with Crippen LogP contribution in [0.1, 0.15) is 11.1 Å². The molecule has 1 heterocycles. The number of carbonyl (C=O) groups is 1. The quantitative estimate of drug-likeness (QED) is 0.931. The minimum atomic E-state index is 0.186. The number of amides is 1. The first-order valence-electron chi connectivity index (χ1n) is 7.41. The van der Waals surface area contributed by atoms with Crippen LogP contribution >= 0.6 is 0 Å². The Labute approximate surface area is 125 Å². The number of rotatable bonds is 4. The Bertz CT molecular complexity index is 583. The van der Waals surface area contributed by atoms with Crippen molar-refractivity contribution in [3.8, 4) is 0 Å². The molecule has 3 rings (SSSR count). The lowest BCUT2D eigenvalue weighted by atomic mass is 10.0. The predicted molar refractivity (Wildman–Crippen MR) is 83.8 cm³/mol. The van der Waals surface area contributed by atoms with E-state index < -0.39 is 0 Å². The smallest absolute Gasteiger partial charge is 0.237 e. The Morgan fingerprint density at radius 2 is 1.57 bits per heavy atom. The van der Waals surface area contributed by atoms with Gasteiger partial charge in [-0.15, -0.1) is 0 Å². The molecule has 1 atom stereocenters. The van der Waals surface area contributed by atoms with Crippen molar-refractivity contribution in [2.24, 2.45) is 0 Å². The summed E-state index contributed by atoms with van der Waals surface area (Å²) in [6.45, 7) is 1.99. The summed E-state index contributed by atoms with van der Waals surface area (Å²) in [5.74, 6) is 0.186. The lowest BCUT2D eigenvalue weighted by molar-refractivity contribution is -0.135. The number of nitrogens with zero attached hydrogens (tertiary/aromatic N) is 1. The van der Waals surface area contributed by atoms with Crippen molar-refractivity contribution in [1.29, 1.82) is 0 Å². The molecule has 1 fully saturated rings. The average Bonchev–Trinajstić information content (AvgIpc) is 2.53. The highest BCUT2D eigenvalue weighted by atomic mass is 16.2. The van der Waals surface area contributed by atoms with E-state index in [-0.39, 0.29) is 11.9 Å². The molecular weight excluding hydrogens is 260 g/mol. The summed E-state index contributed by atoms with van der Waals surface area (Å²) in [6, 6.07) is 20.8. The average molecular weight is 280 g/mol. The second kappa shape index (κ2) is 6.55. The van der Waals surface area contributed by atoms with E-state index in [0.29, 0.717) is 13.1 Å². The summed E-state index contributed by atoms with van der Waals surface area (Å²) in [4.78, 5) is 14.3. The highest BCUT2D eigenvalue weighted by molar-refractivity contribution is 5.79. The van der Waals surface area contributed by atoms with Gasteiger partial charge in [-0.2, -0.15) is 0 Å². The van der Waals surface area contributed by atoms with Gasteiger partial charge in [0.05, 0.1) is 6.54 Å². The van der Waals surface area contributed by atoms with Crippen LogP contribution in [0.3, 0.4) is 0 Å². The van der Waals surface area contributed by atoms with Gasteiger partial charge in [0.2, 0.25) is 5.91 Å². The molecule has 1 aliphatic heterocycles. The summed E-state index contributed by atoms with van der Waals surface area (Å²) in [5, 5.41) is 3.23. The van der Waals surface area contributed by atoms with Crippen LogP contribution in [-0.4, -0.2) is 29.9 Å². The van der Waals surface area contributed by atoms with E-state index in [1.165, 1.54) is 11.1 Å². The van der Waals surface area contributed by atoms with Crippen LogP contribution in [0.15, 0.2) is 60.7 Å². The van der Waals surface area contributed by atoms with Crippen molar-refractivity contribution in [3.63, 3.8) is 0 Å². The topological polar surface area (TPSA) is 32.3 Å². The fourth-order valence-corrected chi connectivity index (χ4v) is 2.83. The maximum absolute atomic E-state index is 12.3. The van der Waals surface area contributed by atoms with Crippen molar-refractivity contribution < 1.29 is 4.79 Å². The van der Waals surface area contributed by atoms with Crippen LogP contribution in [0.25, 0.3) is 0 Å². The van der Waals surface area contributed by atoms with E-state index in [2.05, 4.69) is 41.7 Å². The Hall–Kier alpha value is -2.13. The minimum Gasteiger partial charge on any atom is -0.333 e. The van der Waals surface area contributed by atoms with Gasteiger partial charge in [-0.05, 0) is 17.5 Å². The van der Waals surface area contributed by atoms with Gasteiger partial charge in [0.15, 0.2) is 0 Å². The number of carbonyl (C=O) groups excluding carboxylic acids is 1. The monoisotopic (exact) mass is 280 g/mol. The molecule has 21 heavy (non-hydrogen) atoms. The van der Waals surface area contributed by atoms with Crippen molar-refractivity contribution in [1.82, 2.24) is 10.2 Å². The molecule has 1 saturated heterocycles. The Morgan fingerprint density at radius 3 is 2.24 bits per heavy atom.